The molecule has 0 saturated carbocycles. The molecule has 0 unspecified atom stereocenters. The lowest BCUT2D eigenvalue weighted by molar-refractivity contribution is 0.758. The van der Waals surface area contributed by atoms with Gasteiger partial charge in [-0.25, -0.2) is 0 Å². The van der Waals surface area contributed by atoms with Crippen LogP contribution in [0.2, 0.25) is 0 Å². The van der Waals surface area contributed by atoms with Crippen molar-refractivity contribution in [2.24, 2.45) is 0 Å². The van der Waals surface area contributed by atoms with Crippen molar-refractivity contribution in [1.29, 1.82) is 0 Å². The van der Waals surface area contributed by atoms with Crippen LogP contribution in [0.1, 0.15) is 22.3 Å². The highest BCUT2D eigenvalue weighted by molar-refractivity contribution is 6.16. The number of fused-ring (bicyclic) bond motifs is 10. The van der Waals surface area contributed by atoms with E-state index in [0.29, 0.717) is 0 Å². The fourth-order valence-corrected chi connectivity index (χ4v) is 9.74. The predicted molar refractivity (Wildman–Crippen MR) is 231 cm³/mol. The molecule has 5 heteroatoms. The lowest BCUT2D eigenvalue weighted by Gasteiger charge is -2.33. The molecule has 1 aliphatic carbocycles. The Kier molecular flexibility index (Phi) is 6.78. The summed E-state index contributed by atoms with van der Waals surface area (Å²) in [6.07, 6.45) is 11.6. The van der Waals surface area contributed by atoms with Gasteiger partial charge in [-0.15, -0.1) is 0 Å². The van der Waals surface area contributed by atoms with Gasteiger partial charge in [0.05, 0.1) is 27.5 Å². The van der Waals surface area contributed by atoms with E-state index in [-0.39, 0.29) is 0 Å². The molecule has 5 heterocycles. The molecule has 0 atom stereocenters. The van der Waals surface area contributed by atoms with E-state index < -0.39 is 5.41 Å². The van der Waals surface area contributed by atoms with Crippen LogP contribution in [0.5, 0.6) is 0 Å². The first kappa shape index (κ1) is 31.7. The van der Waals surface area contributed by atoms with E-state index in [2.05, 4.69) is 176 Å². The van der Waals surface area contributed by atoms with Crippen LogP contribution in [0.15, 0.2) is 201 Å². The SMILES string of the molecule is c1cncc(C2(c3cccnc3)c3ccccc3-c3c2ccc2c4cnccc4n(-c4ccc(-c5ccc(-n6c7ccccc7c7ccccc76)cc5)cc4)c32)c1. The van der Waals surface area contributed by atoms with Gasteiger partial charge in [0.1, 0.15) is 0 Å². The Labute approximate surface area is 328 Å². The van der Waals surface area contributed by atoms with E-state index in [1.54, 1.807) is 0 Å². The van der Waals surface area contributed by atoms with Crippen molar-refractivity contribution >= 4 is 43.6 Å². The zero-order chi connectivity index (χ0) is 37.5. The van der Waals surface area contributed by atoms with Crippen LogP contribution in [-0.2, 0) is 5.41 Å². The molecule has 5 aromatic heterocycles. The van der Waals surface area contributed by atoms with Crippen molar-refractivity contribution in [1.82, 2.24) is 24.1 Å². The molecular formula is C52H33N5. The van der Waals surface area contributed by atoms with Crippen molar-refractivity contribution in [3.05, 3.63) is 223 Å². The molecule has 0 N–H and O–H groups in total. The molecule has 11 aromatic rings. The fourth-order valence-electron chi connectivity index (χ4n) is 9.74. The molecule has 0 saturated heterocycles. The summed E-state index contributed by atoms with van der Waals surface area (Å²) in [6, 6.07) is 59.3. The van der Waals surface area contributed by atoms with Crippen LogP contribution < -0.4 is 0 Å². The average molecular weight is 728 g/mol. The molecule has 0 aliphatic heterocycles. The normalized spacial score (nSPS) is 13.1. The molecule has 266 valence electrons. The molecule has 57 heavy (non-hydrogen) atoms. The molecule has 0 spiro atoms. The second-order valence-electron chi connectivity index (χ2n) is 14.9. The quantitative estimate of drug-likeness (QED) is 0.177. The summed E-state index contributed by atoms with van der Waals surface area (Å²) in [4.78, 5) is 13.9. The smallest absolute Gasteiger partial charge is 0.0744 e. The van der Waals surface area contributed by atoms with Crippen LogP contribution in [0.4, 0.5) is 0 Å². The minimum atomic E-state index is -0.600. The second kappa shape index (κ2) is 12.2. The first-order chi connectivity index (χ1) is 28.3. The number of rotatable bonds is 5. The van der Waals surface area contributed by atoms with Crippen LogP contribution in [0.3, 0.4) is 0 Å². The highest BCUT2D eigenvalue weighted by atomic mass is 15.0. The zero-order valence-corrected chi connectivity index (χ0v) is 30.8. The molecule has 0 fully saturated rings. The van der Waals surface area contributed by atoms with E-state index in [4.69, 9.17) is 0 Å². The number of pyridine rings is 3. The Morgan fingerprint density at radius 2 is 0.930 bits per heavy atom. The Balaban J connectivity index is 1.03. The molecule has 6 aromatic carbocycles. The molecule has 0 radical (unpaired) electrons. The summed E-state index contributed by atoms with van der Waals surface area (Å²) in [5.41, 5.74) is 15.8. The standard InChI is InChI=1S/C52H33N5/c1-4-14-45-43(13-1)50-46(52(45,36-9-7-28-53-31-36)37-10-8-29-54-32-37)26-25-42-44-33-55-30-27-49(44)57(51(42)50)39-23-19-35(20-24-39)34-17-21-38(22-18-34)56-47-15-5-2-11-40(47)41-12-3-6-16-48(41)56/h1-33H. The number of para-hydroxylation sites is 2. The van der Waals surface area contributed by atoms with E-state index in [1.807, 2.05) is 49.3 Å². The third-order valence-electron chi connectivity index (χ3n) is 12.1. The van der Waals surface area contributed by atoms with Crippen molar-refractivity contribution in [2.75, 3.05) is 0 Å². The maximum absolute atomic E-state index is 4.65. The Morgan fingerprint density at radius 3 is 1.56 bits per heavy atom. The Bertz CT molecular complexity index is 3230. The lowest BCUT2D eigenvalue weighted by atomic mass is 9.68. The largest absolute Gasteiger partial charge is 0.309 e. The molecule has 12 rings (SSSR count). The van der Waals surface area contributed by atoms with Gasteiger partial charge in [0, 0.05) is 75.7 Å². The van der Waals surface area contributed by atoms with Gasteiger partial charge in [0.25, 0.3) is 0 Å². The first-order valence-corrected chi connectivity index (χ1v) is 19.3. The number of nitrogens with zero attached hydrogens (tertiary/aromatic N) is 5. The highest BCUT2D eigenvalue weighted by Gasteiger charge is 2.47. The summed E-state index contributed by atoms with van der Waals surface area (Å²) < 4.78 is 4.79. The van der Waals surface area contributed by atoms with Gasteiger partial charge in [-0.2, -0.15) is 0 Å². The summed E-state index contributed by atoms with van der Waals surface area (Å²) in [5, 5.41) is 4.83. The molecule has 5 nitrogen and oxygen atoms in total. The summed E-state index contributed by atoms with van der Waals surface area (Å²) >= 11 is 0. The predicted octanol–water partition coefficient (Wildman–Crippen LogP) is 12.1. The van der Waals surface area contributed by atoms with Crippen molar-refractivity contribution in [2.45, 2.75) is 5.41 Å². The number of benzene rings is 6. The van der Waals surface area contributed by atoms with Crippen molar-refractivity contribution in [3.8, 4) is 33.6 Å². The second-order valence-corrected chi connectivity index (χ2v) is 14.9. The van der Waals surface area contributed by atoms with E-state index in [1.165, 1.54) is 60.5 Å². The third kappa shape index (κ3) is 4.42. The summed E-state index contributed by atoms with van der Waals surface area (Å²) in [6.45, 7) is 0. The minimum Gasteiger partial charge on any atom is -0.309 e. The zero-order valence-electron chi connectivity index (χ0n) is 30.8. The van der Waals surface area contributed by atoms with E-state index in [9.17, 15) is 0 Å². The molecular weight excluding hydrogens is 695 g/mol. The molecule has 1 aliphatic rings. The fraction of sp³-hybridized carbons (Fsp3) is 0.0192. The summed E-state index contributed by atoms with van der Waals surface area (Å²) in [5.74, 6) is 0. The van der Waals surface area contributed by atoms with Crippen molar-refractivity contribution < 1.29 is 0 Å². The molecule has 0 bridgehead atoms. The molecule has 0 amide bonds. The van der Waals surface area contributed by atoms with Crippen LogP contribution >= 0.6 is 0 Å². The van der Waals surface area contributed by atoms with Gasteiger partial charge >= 0.3 is 0 Å². The van der Waals surface area contributed by atoms with E-state index in [0.717, 1.165) is 39.0 Å². The van der Waals surface area contributed by atoms with Gasteiger partial charge < -0.3 is 9.13 Å². The number of aromatic nitrogens is 5. The van der Waals surface area contributed by atoms with Crippen LogP contribution in [0.25, 0.3) is 77.2 Å². The van der Waals surface area contributed by atoms with Gasteiger partial charge in [-0.05, 0) is 93.5 Å². The highest BCUT2D eigenvalue weighted by Crippen LogP contribution is 2.58. The maximum atomic E-state index is 4.65. The van der Waals surface area contributed by atoms with E-state index >= 15 is 0 Å². The maximum Gasteiger partial charge on any atom is 0.0744 e. The van der Waals surface area contributed by atoms with Crippen molar-refractivity contribution in [3.63, 3.8) is 0 Å². The van der Waals surface area contributed by atoms with Gasteiger partial charge in [-0.1, -0.05) is 109 Å². The number of hydrogen-bond acceptors (Lipinski definition) is 3. The van der Waals surface area contributed by atoms with Crippen LogP contribution in [0, 0.1) is 0 Å². The Hall–Kier alpha value is -7.63. The summed E-state index contributed by atoms with van der Waals surface area (Å²) in [7, 11) is 0. The lowest BCUT2D eigenvalue weighted by Crippen LogP contribution is -2.28. The topological polar surface area (TPSA) is 48.5 Å². The Morgan fingerprint density at radius 1 is 0.368 bits per heavy atom. The monoisotopic (exact) mass is 727 g/mol. The third-order valence-corrected chi connectivity index (χ3v) is 12.1. The van der Waals surface area contributed by atoms with Gasteiger partial charge in [0.15, 0.2) is 0 Å². The van der Waals surface area contributed by atoms with Gasteiger partial charge in [-0.3, -0.25) is 15.0 Å². The average Bonchev–Trinajstić information content (AvgIpc) is 3.92. The number of hydrogen-bond donors (Lipinski definition) is 0. The van der Waals surface area contributed by atoms with Gasteiger partial charge in [0.2, 0.25) is 0 Å². The minimum absolute atomic E-state index is 0.600. The first-order valence-electron chi connectivity index (χ1n) is 19.3. The van der Waals surface area contributed by atoms with Crippen LogP contribution in [-0.4, -0.2) is 24.1 Å².